The number of hydrogen-bond acceptors (Lipinski definition) is 3. The van der Waals surface area contributed by atoms with Crippen LogP contribution in [0, 0.1) is 0 Å². The molecule has 1 aromatic heterocycles. The Morgan fingerprint density at radius 1 is 1.32 bits per heavy atom. The van der Waals surface area contributed by atoms with Crippen LogP contribution < -0.4 is 5.32 Å². The fourth-order valence-corrected chi connectivity index (χ4v) is 2.76. The van der Waals surface area contributed by atoms with Crippen molar-refractivity contribution in [3.05, 3.63) is 47.8 Å². The molecule has 8 heteroatoms. The number of halogens is 3. The first kappa shape index (κ1) is 17.5. The topological polar surface area (TPSA) is 56.2 Å². The van der Waals surface area contributed by atoms with Crippen molar-refractivity contribution in [3.63, 3.8) is 0 Å². The van der Waals surface area contributed by atoms with Crippen LogP contribution in [0.15, 0.2) is 36.5 Å². The van der Waals surface area contributed by atoms with Gasteiger partial charge in [0.1, 0.15) is 0 Å². The molecule has 0 radical (unpaired) electrons. The van der Waals surface area contributed by atoms with Crippen LogP contribution in [0.4, 0.5) is 13.2 Å². The van der Waals surface area contributed by atoms with Crippen molar-refractivity contribution in [2.45, 2.75) is 38.1 Å². The maximum Gasteiger partial charge on any atom is 0.435 e. The highest BCUT2D eigenvalue weighted by Gasteiger charge is 2.33. The molecule has 1 saturated heterocycles. The van der Waals surface area contributed by atoms with Crippen LogP contribution in [0.25, 0.3) is 5.69 Å². The maximum atomic E-state index is 12.6. The van der Waals surface area contributed by atoms with Crippen molar-refractivity contribution in [3.8, 4) is 5.69 Å². The fourth-order valence-electron chi connectivity index (χ4n) is 2.76. The molecule has 1 fully saturated rings. The van der Waals surface area contributed by atoms with Gasteiger partial charge in [-0.1, -0.05) is 0 Å². The summed E-state index contributed by atoms with van der Waals surface area (Å²) in [5.41, 5.74) is -0.0873. The highest BCUT2D eigenvalue weighted by atomic mass is 19.4. The van der Waals surface area contributed by atoms with E-state index in [0.717, 1.165) is 23.6 Å². The van der Waals surface area contributed by atoms with Gasteiger partial charge in [-0.25, -0.2) is 4.68 Å². The van der Waals surface area contributed by atoms with E-state index in [4.69, 9.17) is 4.74 Å². The summed E-state index contributed by atoms with van der Waals surface area (Å²) in [6.07, 6.45) is -1.32. The van der Waals surface area contributed by atoms with Crippen molar-refractivity contribution < 1.29 is 22.7 Å². The summed E-state index contributed by atoms with van der Waals surface area (Å²) in [6, 6.07) is 7.03. The van der Waals surface area contributed by atoms with Gasteiger partial charge in [0.2, 0.25) is 0 Å². The number of alkyl halides is 3. The maximum absolute atomic E-state index is 12.6. The third-order valence-electron chi connectivity index (χ3n) is 4.15. The number of carbonyl (C=O) groups is 1. The van der Waals surface area contributed by atoms with Crippen LogP contribution in [0.1, 0.15) is 35.8 Å². The number of ether oxygens (including phenoxy) is 1. The summed E-state index contributed by atoms with van der Waals surface area (Å²) >= 11 is 0. The Morgan fingerprint density at radius 2 is 2.04 bits per heavy atom. The van der Waals surface area contributed by atoms with E-state index in [9.17, 15) is 18.0 Å². The van der Waals surface area contributed by atoms with Gasteiger partial charge >= 0.3 is 6.18 Å². The lowest BCUT2D eigenvalue weighted by molar-refractivity contribution is -0.141. The second kappa shape index (κ2) is 6.87. The van der Waals surface area contributed by atoms with Crippen molar-refractivity contribution >= 4 is 5.91 Å². The Bertz CT molecular complexity index is 734. The first-order valence-electron chi connectivity index (χ1n) is 8.00. The van der Waals surface area contributed by atoms with E-state index >= 15 is 0 Å². The van der Waals surface area contributed by atoms with E-state index in [2.05, 4.69) is 10.4 Å². The summed E-state index contributed by atoms with van der Waals surface area (Å²) in [5.74, 6) is -0.244. The molecule has 2 atom stereocenters. The van der Waals surface area contributed by atoms with Gasteiger partial charge in [0, 0.05) is 18.4 Å². The Labute approximate surface area is 142 Å². The molecule has 134 valence electrons. The van der Waals surface area contributed by atoms with E-state index in [-0.39, 0.29) is 18.1 Å². The van der Waals surface area contributed by atoms with Gasteiger partial charge < -0.3 is 10.1 Å². The molecule has 1 aliphatic heterocycles. The first-order chi connectivity index (χ1) is 11.8. The zero-order valence-electron chi connectivity index (χ0n) is 13.6. The Balaban J connectivity index is 1.67. The van der Waals surface area contributed by atoms with Gasteiger partial charge in [0.25, 0.3) is 5.91 Å². The van der Waals surface area contributed by atoms with Gasteiger partial charge in [-0.05, 0) is 50.1 Å². The Morgan fingerprint density at radius 3 is 2.60 bits per heavy atom. The summed E-state index contributed by atoms with van der Waals surface area (Å²) in [5, 5.41) is 6.39. The number of nitrogens with one attached hydrogen (secondary N) is 1. The summed E-state index contributed by atoms with van der Waals surface area (Å²) in [7, 11) is 0. The normalized spacial score (nSPS) is 19.0. The summed E-state index contributed by atoms with van der Waals surface area (Å²) in [6.45, 7) is 2.61. The Kier molecular flexibility index (Phi) is 4.80. The van der Waals surface area contributed by atoms with Crippen LogP contribution in [0.2, 0.25) is 0 Å². The molecule has 2 heterocycles. The number of amides is 1. The van der Waals surface area contributed by atoms with Crippen LogP contribution in [0.3, 0.4) is 0 Å². The van der Waals surface area contributed by atoms with Crippen molar-refractivity contribution in [1.29, 1.82) is 0 Å². The molecule has 1 aliphatic rings. The molecule has 25 heavy (non-hydrogen) atoms. The summed E-state index contributed by atoms with van der Waals surface area (Å²) in [4.78, 5) is 12.3. The fraction of sp³-hybridized carbons (Fsp3) is 0.412. The lowest BCUT2D eigenvalue weighted by Crippen LogP contribution is -2.40. The van der Waals surface area contributed by atoms with E-state index in [1.54, 1.807) is 24.3 Å². The minimum absolute atomic E-state index is 0.0214. The monoisotopic (exact) mass is 353 g/mol. The molecular weight excluding hydrogens is 335 g/mol. The molecule has 0 spiro atoms. The van der Waals surface area contributed by atoms with E-state index in [1.807, 2.05) is 6.92 Å². The second-order valence-electron chi connectivity index (χ2n) is 6.00. The van der Waals surface area contributed by atoms with Crippen LogP contribution in [0.5, 0.6) is 0 Å². The molecule has 0 saturated carbocycles. The molecule has 0 unspecified atom stereocenters. The predicted octanol–water partition coefficient (Wildman–Crippen LogP) is 3.19. The third-order valence-corrected chi connectivity index (χ3v) is 4.15. The number of carbonyl (C=O) groups excluding carboxylic acids is 1. The number of hydrogen-bond donors (Lipinski definition) is 1. The molecule has 1 amide bonds. The van der Waals surface area contributed by atoms with E-state index in [0.29, 0.717) is 17.9 Å². The minimum atomic E-state index is -4.48. The van der Waals surface area contributed by atoms with Crippen LogP contribution in [-0.2, 0) is 10.9 Å². The standard InChI is InChI=1S/C17H18F3N3O2/c1-11(14-3-2-10-25-14)21-16(24)12-4-6-13(7-5-12)23-9-8-15(22-23)17(18,19)20/h4-9,11,14H,2-3,10H2,1H3,(H,21,24)/t11-,14-/m1/s1. The lowest BCUT2D eigenvalue weighted by Gasteiger charge is -2.20. The smallest absolute Gasteiger partial charge is 0.376 e. The highest BCUT2D eigenvalue weighted by Crippen LogP contribution is 2.27. The molecule has 5 nitrogen and oxygen atoms in total. The Hall–Kier alpha value is -2.35. The average molecular weight is 353 g/mol. The van der Waals surface area contributed by atoms with Gasteiger partial charge in [0.05, 0.1) is 17.8 Å². The number of benzene rings is 1. The molecule has 1 N–H and O–H groups in total. The quantitative estimate of drug-likeness (QED) is 0.918. The van der Waals surface area contributed by atoms with Crippen LogP contribution in [-0.4, -0.2) is 34.4 Å². The number of rotatable bonds is 4. The van der Waals surface area contributed by atoms with E-state index in [1.165, 1.54) is 6.20 Å². The zero-order valence-corrected chi connectivity index (χ0v) is 13.6. The van der Waals surface area contributed by atoms with Crippen molar-refractivity contribution in [1.82, 2.24) is 15.1 Å². The zero-order chi connectivity index (χ0) is 18.0. The average Bonchev–Trinajstić information content (AvgIpc) is 3.26. The molecule has 3 rings (SSSR count). The first-order valence-corrected chi connectivity index (χ1v) is 8.00. The SMILES string of the molecule is C[C@@H](NC(=O)c1ccc(-n2ccc(C(F)(F)F)n2)cc1)[C@H]1CCCO1. The van der Waals surface area contributed by atoms with Crippen molar-refractivity contribution in [2.75, 3.05) is 6.61 Å². The lowest BCUT2D eigenvalue weighted by atomic mass is 10.1. The van der Waals surface area contributed by atoms with Gasteiger partial charge in [0.15, 0.2) is 5.69 Å². The molecule has 0 bridgehead atoms. The minimum Gasteiger partial charge on any atom is -0.376 e. The predicted molar refractivity (Wildman–Crippen MR) is 84.5 cm³/mol. The molecule has 1 aromatic carbocycles. The second-order valence-corrected chi connectivity index (χ2v) is 6.00. The van der Waals surface area contributed by atoms with Crippen LogP contribution >= 0.6 is 0 Å². The summed E-state index contributed by atoms with van der Waals surface area (Å²) < 4.78 is 44.5. The molecule has 2 aromatic rings. The van der Waals surface area contributed by atoms with Gasteiger partial charge in [-0.2, -0.15) is 18.3 Å². The van der Waals surface area contributed by atoms with E-state index < -0.39 is 11.9 Å². The highest BCUT2D eigenvalue weighted by molar-refractivity contribution is 5.94. The molecular formula is C17H18F3N3O2. The third kappa shape index (κ3) is 4.01. The van der Waals surface area contributed by atoms with Gasteiger partial charge in [-0.15, -0.1) is 0 Å². The number of nitrogens with zero attached hydrogens (tertiary/aromatic N) is 2. The van der Waals surface area contributed by atoms with Gasteiger partial charge in [-0.3, -0.25) is 4.79 Å². The number of aromatic nitrogens is 2. The van der Waals surface area contributed by atoms with Crippen molar-refractivity contribution in [2.24, 2.45) is 0 Å². The largest absolute Gasteiger partial charge is 0.435 e. The molecule has 0 aliphatic carbocycles.